The van der Waals surface area contributed by atoms with Crippen LogP contribution in [-0.4, -0.2) is 27.3 Å². The van der Waals surface area contributed by atoms with E-state index >= 15 is 0 Å². The standard InChI is InChI=1S/C14H17BrN2O2S/c1-10(9-16-2)20(18,19)17-14-8-7-13(15)11-5-3-4-6-12(11)14/h3-8,10,16-17H,9H2,1-2H3. The quantitative estimate of drug-likeness (QED) is 0.865. The van der Waals surface area contributed by atoms with E-state index in [2.05, 4.69) is 26.0 Å². The minimum atomic E-state index is -3.41. The molecule has 2 aromatic rings. The molecule has 0 heterocycles. The largest absolute Gasteiger partial charge is 0.318 e. The van der Waals surface area contributed by atoms with Crippen LogP contribution in [0.2, 0.25) is 0 Å². The molecule has 1 atom stereocenters. The molecule has 6 heteroatoms. The van der Waals surface area contributed by atoms with Gasteiger partial charge in [-0.25, -0.2) is 8.42 Å². The SMILES string of the molecule is CNCC(C)S(=O)(=O)Nc1ccc(Br)c2ccccc12. The lowest BCUT2D eigenvalue weighted by Crippen LogP contribution is -2.33. The smallest absolute Gasteiger partial charge is 0.236 e. The highest BCUT2D eigenvalue weighted by Crippen LogP contribution is 2.30. The van der Waals surface area contributed by atoms with Crippen molar-refractivity contribution in [2.24, 2.45) is 0 Å². The number of fused-ring (bicyclic) bond motifs is 1. The van der Waals surface area contributed by atoms with Gasteiger partial charge in [-0.05, 0) is 31.5 Å². The highest BCUT2D eigenvalue weighted by atomic mass is 79.9. The molecule has 0 radical (unpaired) electrons. The van der Waals surface area contributed by atoms with Crippen LogP contribution in [0.1, 0.15) is 6.92 Å². The Balaban J connectivity index is 2.42. The number of nitrogens with one attached hydrogen (secondary N) is 2. The number of halogens is 1. The van der Waals surface area contributed by atoms with Gasteiger partial charge in [-0.15, -0.1) is 0 Å². The Morgan fingerprint density at radius 3 is 2.45 bits per heavy atom. The molecule has 0 spiro atoms. The zero-order valence-electron chi connectivity index (χ0n) is 11.4. The number of rotatable bonds is 5. The summed E-state index contributed by atoms with van der Waals surface area (Å²) in [5.74, 6) is 0. The number of hydrogen-bond donors (Lipinski definition) is 2. The summed E-state index contributed by atoms with van der Waals surface area (Å²) in [6, 6.07) is 11.3. The van der Waals surface area contributed by atoms with Crippen LogP contribution in [0.5, 0.6) is 0 Å². The molecule has 0 aliphatic carbocycles. The number of anilines is 1. The molecular formula is C14H17BrN2O2S. The Labute approximate surface area is 127 Å². The topological polar surface area (TPSA) is 58.2 Å². The van der Waals surface area contributed by atoms with Gasteiger partial charge in [0.15, 0.2) is 0 Å². The molecule has 2 rings (SSSR count). The molecule has 0 saturated heterocycles. The minimum Gasteiger partial charge on any atom is -0.318 e. The lowest BCUT2D eigenvalue weighted by atomic mass is 10.1. The zero-order valence-corrected chi connectivity index (χ0v) is 13.8. The molecule has 0 amide bonds. The van der Waals surface area contributed by atoms with Crippen molar-refractivity contribution >= 4 is 42.4 Å². The van der Waals surface area contributed by atoms with Crippen molar-refractivity contribution in [3.8, 4) is 0 Å². The van der Waals surface area contributed by atoms with Crippen molar-refractivity contribution in [2.75, 3.05) is 18.3 Å². The van der Waals surface area contributed by atoms with E-state index in [9.17, 15) is 8.42 Å². The van der Waals surface area contributed by atoms with Gasteiger partial charge in [0.2, 0.25) is 10.0 Å². The third-order valence-corrected chi connectivity index (χ3v) is 5.57. The second-order valence-corrected chi connectivity index (χ2v) is 7.61. The van der Waals surface area contributed by atoms with Gasteiger partial charge in [-0.3, -0.25) is 4.72 Å². The van der Waals surface area contributed by atoms with Crippen LogP contribution in [0.4, 0.5) is 5.69 Å². The van der Waals surface area contributed by atoms with Crippen LogP contribution in [-0.2, 0) is 10.0 Å². The van der Waals surface area contributed by atoms with Crippen LogP contribution in [0, 0.1) is 0 Å². The second kappa shape index (κ2) is 6.11. The fourth-order valence-electron chi connectivity index (χ4n) is 2.00. The number of benzene rings is 2. The van der Waals surface area contributed by atoms with E-state index in [-0.39, 0.29) is 0 Å². The molecule has 2 N–H and O–H groups in total. The Morgan fingerprint density at radius 1 is 1.15 bits per heavy atom. The summed E-state index contributed by atoms with van der Waals surface area (Å²) in [6.07, 6.45) is 0. The molecular weight excluding hydrogens is 340 g/mol. The summed E-state index contributed by atoms with van der Waals surface area (Å²) in [4.78, 5) is 0. The van der Waals surface area contributed by atoms with Crippen molar-refractivity contribution in [1.29, 1.82) is 0 Å². The second-order valence-electron chi connectivity index (χ2n) is 4.66. The van der Waals surface area contributed by atoms with Crippen LogP contribution in [0.25, 0.3) is 10.8 Å². The van der Waals surface area contributed by atoms with Gasteiger partial charge >= 0.3 is 0 Å². The van der Waals surface area contributed by atoms with Crippen molar-refractivity contribution < 1.29 is 8.42 Å². The van der Waals surface area contributed by atoms with Gasteiger partial charge in [0.05, 0.1) is 10.9 Å². The summed E-state index contributed by atoms with van der Waals surface area (Å²) in [5, 5.41) is 4.23. The molecule has 20 heavy (non-hydrogen) atoms. The predicted molar refractivity (Wildman–Crippen MR) is 87.6 cm³/mol. The van der Waals surface area contributed by atoms with Crippen molar-refractivity contribution in [1.82, 2.24) is 5.32 Å². The summed E-state index contributed by atoms with van der Waals surface area (Å²) in [7, 11) is -1.67. The first kappa shape index (κ1) is 15.3. The lowest BCUT2D eigenvalue weighted by molar-refractivity contribution is 0.584. The Morgan fingerprint density at radius 2 is 1.80 bits per heavy atom. The zero-order chi connectivity index (χ0) is 14.8. The molecule has 1 unspecified atom stereocenters. The maximum atomic E-state index is 12.3. The van der Waals surface area contributed by atoms with Crippen molar-refractivity contribution in [3.05, 3.63) is 40.9 Å². The van der Waals surface area contributed by atoms with Gasteiger partial charge in [-0.2, -0.15) is 0 Å². The third kappa shape index (κ3) is 3.13. The summed E-state index contributed by atoms with van der Waals surface area (Å²) < 4.78 is 28.1. The number of hydrogen-bond acceptors (Lipinski definition) is 3. The molecule has 0 bridgehead atoms. The molecule has 2 aromatic carbocycles. The van der Waals surface area contributed by atoms with E-state index in [1.54, 1.807) is 20.0 Å². The Bertz CT molecular complexity index is 716. The monoisotopic (exact) mass is 356 g/mol. The first-order valence-corrected chi connectivity index (χ1v) is 8.63. The fourth-order valence-corrected chi connectivity index (χ4v) is 3.55. The summed E-state index contributed by atoms with van der Waals surface area (Å²) in [6.45, 7) is 2.09. The predicted octanol–water partition coefficient (Wildman–Crippen LogP) is 2.95. The van der Waals surface area contributed by atoms with E-state index in [0.29, 0.717) is 12.2 Å². The summed E-state index contributed by atoms with van der Waals surface area (Å²) in [5.41, 5.74) is 0.603. The highest BCUT2D eigenvalue weighted by molar-refractivity contribution is 9.10. The van der Waals surface area contributed by atoms with Crippen molar-refractivity contribution in [3.63, 3.8) is 0 Å². The molecule has 4 nitrogen and oxygen atoms in total. The van der Waals surface area contributed by atoms with E-state index in [1.165, 1.54) is 0 Å². The molecule has 0 aromatic heterocycles. The maximum absolute atomic E-state index is 12.3. The normalized spacial score (nSPS) is 13.3. The maximum Gasteiger partial charge on any atom is 0.236 e. The van der Waals surface area contributed by atoms with E-state index in [1.807, 2.05) is 30.3 Å². The van der Waals surface area contributed by atoms with Gasteiger partial charge in [0.1, 0.15) is 0 Å². The molecule has 0 aliphatic heterocycles. The molecule has 0 fully saturated rings. The molecule has 0 aliphatic rings. The van der Waals surface area contributed by atoms with Crippen LogP contribution < -0.4 is 10.0 Å². The van der Waals surface area contributed by atoms with Gasteiger partial charge < -0.3 is 5.32 Å². The average molecular weight is 357 g/mol. The van der Waals surface area contributed by atoms with Gasteiger partial charge in [-0.1, -0.05) is 40.2 Å². The van der Waals surface area contributed by atoms with Crippen molar-refractivity contribution in [2.45, 2.75) is 12.2 Å². The highest BCUT2D eigenvalue weighted by Gasteiger charge is 2.20. The third-order valence-electron chi connectivity index (χ3n) is 3.14. The Kier molecular flexibility index (Phi) is 4.67. The molecule has 0 saturated carbocycles. The van der Waals surface area contributed by atoms with Crippen LogP contribution in [0.3, 0.4) is 0 Å². The average Bonchev–Trinajstić information content (AvgIpc) is 2.42. The minimum absolute atomic E-state index is 0.407. The van der Waals surface area contributed by atoms with Gasteiger partial charge in [0, 0.05) is 16.4 Å². The summed E-state index contributed by atoms with van der Waals surface area (Å²) >= 11 is 3.48. The Hall–Kier alpha value is -1.11. The van der Waals surface area contributed by atoms with Gasteiger partial charge in [0.25, 0.3) is 0 Å². The van der Waals surface area contributed by atoms with Crippen LogP contribution in [0.15, 0.2) is 40.9 Å². The van der Waals surface area contributed by atoms with E-state index < -0.39 is 15.3 Å². The lowest BCUT2D eigenvalue weighted by Gasteiger charge is -2.16. The fraction of sp³-hybridized carbons (Fsp3) is 0.286. The first-order valence-electron chi connectivity index (χ1n) is 6.29. The van der Waals surface area contributed by atoms with Crippen LogP contribution >= 0.6 is 15.9 Å². The van der Waals surface area contributed by atoms with E-state index in [4.69, 9.17) is 0 Å². The van der Waals surface area contributed by atoms with E-state index in [0.717, 1.165) is 15.2 Å². The molecule has 108 valence electrons. The first-order chi connectivity index (χ1) is 9.45. The number of sulfonamides is 1.